The summed E-state index contributed by atoms with van der Waals surface area (Å²) in [5, 5.41) is 41.6. The number of morpholine rings is 2. The van der Waals surface area contributed by atoms with Crippen molar-refractivity contribution in [1.82, 2.24) is 44.0 Å². The van der Waals surface area contributed by atoms with Crippen LogP contribution in [-0.2, 0) is 39.5 Å². The van der Waals surface area contributed by atoms with E-state index in [4.69, 9.17) is 99.0 Å². The quantitative estimate of drug-likeness (QED) is 0.0474. The Labute approximate surface area is 629 Å². The molecule has 0 unspecified atom stereocenters. The molecule has 11 rings (SSSR count). The van der Waals surface area contributed by atoms with Crippen LogP contribution in [-0.4, -0.2) is 196 Å². The molecule has 5 aliphatic heterocycles. The summed E-state index contributed by atoms with van der Waals surface area (Å²) in [6.07, 6.45) is 2.97. The van der Waals surface area contributed by atoms with Gasteiger partial charge in [-0.05, 0) is 148 Å². The number of halogens is 6. The fraction of sp³-hybridized carbons (Fsp3) is 0.397. The number of benzene rings is 6. The number of amides is 4. The maximum atomic E-state index is 13.6. The van der Waals surface area contributed by atoms with Gasteiger partial charge in [-0.3, -0.25) is 9.80 Å². The Morgan fingerprint density at radius 2 is 0.699 bits per heavy atom. The molecule has 0 bridgehead atoms. The number of nitrogens with zero attached hydrogens (tertiary/aromatic N) is 8. The summed E-state index contributed by atoms with van der Waals surface area (Å²) in [6.45, 7) is 10.3. The van der Waals surface area contributed by atoms with Crippen molar-refractivity contribution in [2.45, 2.75) is 71.3 Å². The molecule has 6 aromatic rings. The number of nitriles is 3. The smallest absolute Gasteiger partial charge is 0.315 e. The van der Waals surface area contributed by atoms with E-state index in [1.807, 2.05) is 18.2 Å². The van der Waals surface area contributed by atoms with Gasteiger partial charge < -0.3 is 50.7 Å². The SMILES string of the molecule is N#Cc1ccc(Oc2cc(Cl)cc(Cl)c2)c(S(=O)(=O)N2CCC(N)CC2)c1.N#Cc1ccc(Oc2cc(Cl)cc(Cl)c2)c(S(=O)(=O)N2CCC(NC(=O)NCCN3CCOCC3)CC2)c1.N#Cc1ccc(Oc2cc(Cl)cc(Cl)c2)c(S(=O)(=O)N2CCC(NC(=O)NCCN3CCOCC3)CC2)c1. The lowest BCUT2D eigenvalue weighted by Gasteiger charge is -2.32. The highest BCUT2D eigenvalue weighted by Gasteiger charge is 2.36. The lowest BCUT2D eigenvalue weighted by Crippen LogP contribution is -2.50. The summed E-state index contributed by atoms with van der Waals surface area (Å²) in [6, 6.07) is 31.5. The van der Waals surface area contributed by atoms with Crippen molar-refractivity contribution in [3.05, 3.63) is 156 Å². The Hall–Kier alpha value is -7.00. The molecule has 4 amide bonds. The number of piperidine rings is 3. The standard InChI is InChI=1S/2C25H29Cl2N5O5S.C18H17Cl2N3O3S/c2*26-19-14-20(27)16-22(15-19)37-23-2-1-18(17-28)13-24(23)38(34,35)32-6-3-21(4-7-32)30-25(33)29-5-8-31-9-11-36-12-10-31;19-13-8-14(20)10-16(9-13)26-17-2-1-12(11-21)7-18(17)27(24,25)23-5-3-15(22)4-6-23/h2*1-2,13-16,21H,3-12H2,(H2,29,30,33);1-2,7-10,15H,3-6,22H2. The van der Waals surface area contributed by atoms with Gasteiger partial charge >= 0.3 is 12.1 Å². The molecule has 103 heavy (non-hydrogen) atoms. The van der Waals surface area contributed by atoms with E-state index < -0.39 is 30.1 Å². The van der Waals surface area contributed by atoms with Crippen LogP contribution < -0.4 is 41.2 Å². The highest BCUT2D eigenvalue weighted by molar-refractivity contribution is 7.89. The molecule has 6 aromatic carbocycles. The third kappa shape index (κ3) is 23.2. The average Bonchev–Trinajstić information content (AvgIpc) is 0.791. The van der Waals surface area contributed by atoms with Gasteiger partial charge in [0, 0.05) is 140 Å². The van der Waals surface area contributed by atoms with Gasteiger partial charge in [-0.2, -0.15) is 28.7 Å². The number of nitrogens with one attached hydrogen (secondary N) is 4. The number of carbonyl (C=O) groups excluding carboxylic acids is 2. The minimum atomic E-state index is -4.00. The molecule has 5 fully saturated rings. The Morgan fingerprint density at radius 1 is 0.427 bits per heavy atom. The molecule has 0 aliphatic carbocycles. The van der Waals surface area contributed by atoms with Crippen LogP contribution in [0.4, 0.5) is 9.59 Å². The van der Waals surface area contributed by atoms with E-state index >= 15 is 0 Å². The molecule has 0 radical (unpaired) electrons. The van der Waals surface area contributed by atoms with Crippen LogP contribution in [0.3, 0.4) is 0 Å². The first-order chi connectivity index (χ1) is 49.3. The Kier molecular flexibility index (Phi) is 29.4. The summed E-state index contributed by atoms with van der Waals surface area (Å²) in [5.41, 5.74) is 6.46. The molecule has 550 valence electrons. The van der Waals surface area contributed by atoms with Crippen LogP contribution in [0.25, 0.3) is 0 Å². The molecule has 0 aromatic heterocycles. The van der Waals surface area contributed by atoms with Crippen molar-refractivity contribution in [3.63, 3.8) is 0 Å². The number of sulfonamides is 3. The number of hydrogen-bond acceptors (Lipinski definition) is 19. The van der Waals surface area contributed by atoms with Gasteiger partial charge in [-0.15, -0.1) is 0 Å². The summed E-state index contributed by atoms with van der Waals surface area (Å²) in [5.74, 6) is 1.05. The first-order valence-corrected chi connectivity index (χ1v) is 39.4. The van der Waals surface area contributed by atoms with Gasteiger partial charge in [0.2, 0.25) is 30.1 Å². The minimum Gasteiger partial charge on any atom is -0.456 e. The fourth-order valence-electron chi connectivity index (χ4n) is 11.5. The van der Waals surface area contributed by atoms with Crippen molar-refractivity contribution >= 4 is 112 Å². The number of hydrogen-bond donors (Lipinski definition) is 5. The molecule has 5 heterocycles. The number of ether oxygens (including phenoxy) is 5. The van der Waals surface area contributed by atoms with Crippen LogP contribution in [0.2, 0.25) is 30.1 Å². The number of urea groups is 2. The molecule has 0 saturated carbocycles. The van der Waals surface area contributed by atoms with Crippen molar-refractivity contribution in [1.29, 1.82) is 15.8 Å². The maximum absolute atomic E-state index is 13.6. The van der Waals surface area contributed by atoms with Gasteiger partial charge in [0.1, 0.15) is 49.2 Å². The molecule has 26 nitrogen and oxygen atoms in total. The summed E-state index contributed by atoms with van der Waals surface area (Å²) in [7, 11) is -11.8. The molecule has 5 saturated heterocycles. The van der Waals surface area contributed by atoms with Gasteiger partial charge in [0.15, 0.2) is 0 Å². The normalized spacial score (nSPS) is 17.1. The zero-order chi connectivity index (χ0) is 73.8. The van der Waals surface area contributed by atoms with Crippen LogP contribution in [0.5, 0.6) is 34.5 Å². The first kappa shape index (κ1) is 80.1. The second kappa shape index (κ2) is 37.8. The van der Waals surface area contributed by atoms with Gasteiger partial charge in [-0.25, -0.2) is 34.8 Å². The van der Waals surface area contributed by atoms with Crippen LogP contribution in [0.1, 0.15) is 55.2 Å². The zero-order valence-corrected chi connectivity index (χ0v) is 62.5. The summed E-state index contributed by atoms with van der Waals surface area (Å²) < 4.78 is 113. The second-order valence-corrected chi connectivity index (χ2v) is 32.6. The molecular formula is C68H75Cl6N13O13S3. The summed E-state index contributed by atoms with van der Waals surface area (Å²) in [4.78, 5) is 28.8. The van der Waals surface area contributed by atoms with Crippen molar-refractivity contribution in [3.8, 4) is 52.7 Å². The Morgan fingerprint density at radius 3 is 0.971 bits per heavy atom. The van der Waals surface area contributed by atoms with E-state index in [0.29, 0.717) is 127 Å². The molecule has 35 heteroatoms. The van der Waals surface area contributed by atoms with E-state index in [0.717, 1.165) is 39.3 Å². The molecule has 0 spiro atoms. The van der Waals surface area contributed by atoms with Crippen molar-refractivity contribution in [2.75, 3.05) is 118 Å². The largest absolute Gasteiger partial charge is 0.456 e. The summed E-state index contributed by atoms with van der Waals surface area (Å²) >= 11 is 36.2. The fourth-order valence-corrected chi connectivity index (χ4v) is 17.9. The van der Waals surface area contributed by atoms with Gasteiger partial charge in [0.25, 0.3) is 0 Å². The van der Waals surface area contributed by atoms with E-state index in [1.54, 1.807) is 6.07 Å². The highest BCUT2D eigenvalue weighted by Crippen LogP contribution is 2.39. The lowest BCUT2D eigenvalue weighted by atomic mass is 10.1. The molecule has 6 N–H and O–H groups in total. The first-order valence-electron chi connectivity index (χ1n) is 32.8. The molecule has 0 atom stereocenters. The Balaban J connectivity index is 0.000000182. The third-order valence-electron chi connectivity index (χ3n) is 17.0. The Bertz CT molecular complexity index is 4200. The number of carbonyl (C=O) groups is 2. The van der Waals surface area contributed by atoms with Crippen molar-refractivity contribution in [2.24, 2.45) is 5.73 Å². The van der Waals surface area contributed by atoms with Crippen molar-refractivity contribution < 1.29 is 58.5 Å². The highest BCUT2D eigenvalue weighted by atomic mass is 35.5. The van der Waals surface area contributed by atoms with Crippen LogP contribution in [0, 0.1) is 34.0 Å². The predicted octanol–water partition coefficient (Wildman–Crippen LogP) is 10.7. The average molecular weight is 1590 g/mol. The van der Waals surface area contributed by atoms with Gasteiger partial charge in [0.05, 0.1) is 61.3 Å². The number of nitrogens with two attached hydrogens (primary N) is 1. The molecular weight excluding hydrogens is 1520 g/mol. The van der Waals surface area contributed by atoms with Gasteiger partial charge in [-0.1, -0.05) is 69.6 Å². The third-order valence-corrected chi connectivity index (χ3v) is 24.0. The lowest BCUT2D eigenvalue weighted by molar-refractivity contribution is 0.0386. The zero-order valence-electron chi connectivity index (χ0n) is 55.5. The van der Waals surface area contributed by atoms with E-state index in [1.165, 1.54) is 116 Å². The second-order valence-electron chi connectivity index (χ2n) is 24.2. The van der Waals surface area contributed by atoms with E-state index in [9.17, 15) is 50.6 Å². The minimum absolute atomic E-state index is 0.00813. The predicted molar refractivity (Wildman–Crippen MR) is 390 cm³/mol. The monoisotopic (exact) mass is 1590 g/mol. The van der Waals surface area contributed by atoms with Crippen LogP contribution in [0.15, 0.2) is 124 Å². The molecule has 5 aliphatic rings. The number of rotatable bonds is 20. The van der Waals surface area contributed by atoms with E-state index in [2.05, 4.69) is 31.1 Å². The van der Waals surface area contributed by atoms with E-state index in [-0.39, 0.29) is 116 Å². The van der Waals surface area contributed by atoms with Crippen LogP contribution >= 0.6 is 69.6 Å². The topological polar surface area (TPSA) is 344 Å². The maximum Gasteiger partial charge on any atom is 0.315 e.